The third kappa shape index (κ3) is 2.72. The number of hydrogen-bond donors (Lipinski definition) is 2. The molecule has 0 bridgehead atoms. The summed E-state index contributed by atoms with van der Waals surface area (Å²) in [6.07, 6.45) is 3.62. The minimum absolute atomic E-state index is 0.359. The number of fused-ring (bicyclic) bond motifs is 1. The number of benzene rings is 2. The minimum atomic E-state index is 0.359. The standard InChI is InChI=1S/C20H15N5O/c1-2-9-23-18-15(12-21)4-3-5-16(18)20-24-19(25-26-20)14-6-7-17-13(11-14)8-10-22-17/h2-8,10-11,22-23H,1,9H2. The Balaban J connectivity index is 1.76. The van der Waals surface area contributed by atoms with Gasteiger partial charge in [0.2, 0.25) is 5.82 Å². The van der Waals surface area contributed by atoms with Crippen LogP contribution in [0.15, 0.2) is 65.8 Å². The topological polar surface area (TPSA) is 90.5 Å². The zero-order valence-corrected chi connectivity index (χ0v) is 13.9. The fourth-order valence-electron chi connectivity index (χ4n) is 2.83. The van der Waals surface area contributed by atoms with E-state index in [1.165, 1.54) is 0 Å². The Hall–Kier alpha value is -3.85. The molecule has 126 valence electrons. The first-order valence-electron chi connectivity index (χ1n) is 8.09. The highest BCUT2D eigenvalue weighted by Crippen LogP contribution is 2.31. The Labute approximate surface area is 149 Å². The Bertz CT molecular complexity index is 1130. The lowest BCUT2D eigenvalue weighted by molar-refractivity contribution is 0.432. The second-order valence-electron chi connectivity index (χ2n) is 5.71. The largest absolute Gasteiger partial charge is 0.380 e. The van der Waals surface area contributed by atoms with Crippen LogP contribution in [0.5, 0.6) is 0 Å². The molecule has 6 nitrogen and oxygen atoms in total. The summed E-state index contributed by atoms with van der Waals surface area (Å²) in [6, 6.07) is 15.5. The van der Waals surface area contributed by atoms with E-state index in [1.807, 2.05) is 36.5 Å². The molecule has 4 rings (SSSR count). The third-order valence-electron chi connectivity index (χ3n) is 4.08. The molecule has 4 aromatic rings. The summed E-state index contributed by atoms with van der Waals surface area (Å²) in [7, 11) is 0. The number of nitrogens with one attached hydrogen (secondary N) is 2. The number of aromatic amines is 1. The van der Waals surface area contributed by atoms with Crippen molar-refractivity contribution in [1.29, 1.82) is 5.26 Å². The normalized spacial score (nSPS) is 10.6. The number of nitrogens with zero attached hydrogens (tertiary/aromatic N) is 3. The average Bonchev–Trinajstić information content (AvgIpc) is 3.34. The van der Waals surface area contributed by atoms with Crippen LogP contribution in [0, 0.1) is 11.3 Å². The van der Waals surface area contributed by atoms with Gasteiger partial charge in [0.15, 0.2) is 0 Å². The molecule has 0 fully saturated rings. The molecule has 0 saturated carbocycles. The highest BCUT2D eigenvalue weighted by molar-refractivity contribution is 5.84. The van der Waals surface area contributed by atoms with E-state index in [2.05, 4.69) is 33.1 Å². The van der Waals surface area contributed by atoms with E-state index >= 15 is 0 Å². The van der Waals surface area contributed by atoms with Gasteiger partial charge in [-0.1, -0.05) is 17.3 Å². The first-order chi connectivity index (χ1) is 12.8. The zero-order chi connectivity index (χ0) is 17.9. The molecule has 2 aromatic heterocycles. The molecular formula is C20H15N5O. The maximum absolute atomic E-state index is 9.37. The molecule has 6 heteroatoms. The molecule has 26 heavy (non-hydrogen) atoms. The van der Waals surface area contributed by atoms with E-state index in [0.717, 1.165) is 16.5 Å². The Morgan fingerprint density at radius 1 is 1.27 bits per heavy atom. The van der Waals surface area contributed by atoms with Gasteiger partial charge in [-0.2, -0.15) is 10.2 Å². The van der Waals surface area contributed by atoms with Crippen molar-refractivity contribution in [3.05, 3.63) is 66.9 Å². The molecule has 0 unspecified atom stereocenters. The number of hydrogen-bond acceptors (Lipinski definition) is 5. The number of anilines is 1. The molecule has 0 atom stereocenters. The number of rotatable bonds is 5. The summed E-state index contributed by atoms with van der Waals surface area (Å²) in [5.74, 6) is 0.859. The van der Waals surface area contributed by atoms with Crippen LogP contribution in [0.4, 0.5) is 5.69 Å². The van der Waals surface area contributed by atoms with Crippen LogP contribution in [0.2, 0.25) is 0 Å². The Morgan fingerprint density at radius 3 is 3.04 bits per heavy atom. The molecule has 0 aliphatic carbocycles. The molecule has 0 spiro atoms. The molecule has 0 amide bonds. The molecule has 2 N–H and O–H groups in total. The van der Waals surface area contributed by atoms with Gasteiger partial charge in [-0.3, -0.25) is 0 Å². The predicted octanol–water partition coefficient (Wildman–Crippen LogP) is 4.35. The average molecular weight is 341 g/mol. The summed E-state index contributed by atoms with van der Waals surface area (Å²) < 4.78 is 5.47. The second-order valence-corrected chi connectivity index (χ2v) is 5.71. The van der Waals surface area contributed by atoms with Crippen molar-refractivity contribution in [3.63, 3.8) is 0 Å². The number of nitriles is 1. The van der Waals surface area contributed by atoms with Gasteiger partial charge in [0.25, 0.3) is 5.89 Å². The van der Waals surface area contributed by atoms with Crippen molar-refractivity contribution in [2.75, 3.05) is 11.9 Å². The predicted molar refractivity (Wildman–Crippen MR) is 100 cm³/mol. The minimum Gasteiger partial charge on any atom is -0.380 e. The highest BCUT2D eigenvalue weighted by atomic mass is 16.5. The zero-order valence-electron chi connectivity index (χ0n) is 13.9. The van der Waals surface area contributed by atoms with Crippen LogP contribution in [-0.4, -0.2) is 21.7 Å². The maximum Gasteiger partial charge on any atom is 0.260 e. The van der Waals surface area contributed by atoms with E-state index in [1.54, 1.807) is 18.2 Å². The molecule has 2 heterocycles. The summed E-state index contributed by atoms with van der Waals surface area (Å²) in [5.41, 5.74) is 3.77. The van der Waals surface area contributed by atoms with Gasteiger partial charge in [0.1, 0.15) is 6.07 Å². The lowest BCUT2D eigenvalue weighted by atomic mass is 10.1. The van der Waals surface area contributed by atoms with Crippen molar-refractivity contribution in [2.24, 2.45) is 0 Å². The van der Waals surface area contributed by atoms with E-state index in [9.17, 15) is 5.26 Å². The monoisotopic (exact) mass is 341 g/mol. The van der Waals surface area contributed by atoms with Crippen LogP contribution in [0.3, 0.4) is 0 Å². The summed E-state index contributed by atoms with van der Waals surface area (Å²) in [5, 5.41) is 17.7. The fraction of sp³-hybridized carbons (Fsp3) is 0.0500. The lowest BCUT2D eigenvalue weighted by Crippen LogP contribution is -2.02. The van der Waals surface area contributed by atoms with Gasteiger partial charge in [-0.05, 0) is 36.4 Å². The second kappa shape index (κ2) is 6.57. The first-order valence-corrected chi connectivity index (χ1v) is 8.09. The molecular weight excluding hydrogens is 326 g/mol. The lowest BCUT2D eigenvalue weighted by Gasteiger charge is -2.09. The molecule has 0 saturated heterocycles. The molecule has 0 aliphatic heterocycles. The van der Waals surface area contributed by atoms with Gasteiger partial charge in [-0.15, -0.1) is 6.58 Å². The van der Waals surface area contributed by atoms with Gasteiger partial charge in [0.05, 0.1) is 16.8 Å². The van der Waals surface area contributed by atoms with Gasteiger partial charge >= 0.3 is 0 Å². The first kappa shape index (κ1) is 15.7. The molecule has 0 aliphatic rings. The highest BCUT2D eigenvalue weighted by Gasteiger charge is 2.16. The number of H-pyrrole nitrogens is 1. The van der Waals surface area contributed by atoms with Crippen LogP contribution in [0.25, 0.3) is 33.7 Å². The molecule has 2 aromatic carbocycles. The van der Waals surface area contributed by atoms with Crippen molar-refractivity contribution < 1.29 is 4.52 Å². The summed E-state index contributed by atoms with van der Waals surface area (Å²) in [4.78, 5) is 7.68. The van der Waals surface area contributed by atoms with Crippen molar-refractivity contribution >= 4 is 16.6 Å². The van der Waals surface area contributed by atoms with E-state index in [0.29, 0.717) is 35.1 Å². The van der Waals surface area contributed by atoms with Crippen LogP contribution >= 0.6 is 0 Å². The van der Waals surface area contributed by atoms with Crippen molar-refractivity contribution in [1.82, 2.24) is 15.1 Å². The third-order valence-corrected chi connectivity index (χ3v) is 4.08. The molecule has 0 radical (unpaired) electrons. The van der Waals surface area contributed by atoms with Crippen LogP contribution in [-0.2, 0) is 0 Å². The Morgan fingerprint density at radius 2 is 2.19 bits per heavy atom. The van der Waals surface area contributed by atoms with Crippen molar-refractivity contribution in [3.8, 4) is 28.9 Å². The SMILES string of the molecule is C=CCNc1c(C#N)cccc1-c1nc(-c2ccc3[nH]ccc3c2)no1. The summed E-state index contributed by atoms with van der Waals surface area (Å²) in [6.45, 7) is 4.22. The van der Waals surface area contributed by atoms with Gasteiger partial charge in [-0.25, -0.2) is 0 Å². The smallest absolute Gasteiger partial charge is 0.260 e. The number of para-hydroxylation sites is 1. The van der Waals surface area contributed by atoms with Gasteiger partial charge in [0, 0.05) is 29.2 Å². The van der Waals surface area contributed by atoms with Crippen LogP contribution < -0.4 is 5.32 Å². The quantitative estimate of drug-likeness (QED) is 0.527. The van der Waals surface area contributed by atoms with Gasteiger partial charge < -0.3 is 14.8 Å². The van der Waals surface area contributed by atoms with Crippen LogP contribution in [0.1, 0.15) is 5.56 Å². The van der Waals surface area contributed by atoms with E-state index in [4.69, 9.17) is 4.52 Å². The number of aromatic nitrogens is 3. The van der Waals surface area contributed by atoms with E-state index in [-0.39, 0.29) is 0 Å². The Kier molecular flexibility index (Phi) is 3.96. The summed E-state index contributed by atoms with van der Waals surface area (Å²) >= 11 is 0. The maximum atomic E-state index is 9.37. The van der Waals surface area contributed by atoms with E-state index < -0.39 is 0 Å². The van der Waals surface area contributed by atoms with Crippen molar-refractivity contribution in [2.45, 2.75) is 0 Å². The fourth-order valence-corrected chi connectivity index (χ4v) is 2.83.